The first-order chi connectivity index (χ1) is 16.1. The van der Waals surface area contributed by atoms with Crippen LogP contribution in [0.15, 0.2) is 60.8 Å². The predicted molar refractivity (Wildman–Crippen MR) is 126 cm³/mol. The van der Waals surface area contributed by atoms with Gasteiger partial charge in [-0.05, 0) is 29.5 Å². The van der Waals surface area contributed by atoms with Crippen molar-refractivity contribution >= 4 is 21.4 Å². The van der Waals surface area contributed by atoms with Gasteiger partial charge in [0.25, 0.3) is 0 Å². The second kappa shape index (κ2) is 7.65. The predicted octanol–water partition coefficient (Wildman–Crippen LogP) is 2.86. The van der Waals surface area contributed by atoms with E-state index in [0.29, 0.717) is 11.1 Å². The van der Waals surface area contributed by atoms with Crippen LogP contribution in [0.25, 0.3) is 0 Å². The number of rotatable bonds is 3. The van der Waals surface area contributed by atoms with Gasteiger partial charge in [0.1, 0.15) is 17.5 Å². The maximum Gasteiger partial charge on any atom is 0.181 e. The van der Waals surface area contributed by atoms with Crippen LogP contribution < -0.4 is 4.74 Å². The number of pyridine rings is 1. The number of benzene rings is 1. The molecule has 1 aromatic heterocycles. The molecule has 9 heteroatoms. The van der Waals surface area contributed by atoms with E-state index >= 15 is 0 Å². The largest absolute Gasteiger partial charge is 0.477 e. The maximum atomic E-state index is 13.2. The van der Waals surface area contributed by atoms with Crippen LogP contribution >= 0.6 is 11.6 Å². The van der Waals surface area contributed by atoms with Gasteiger partial charge in [0.2, 0.25) is 0 Å². The van der Waals surface area contributed by atoms with E-state index in [0.717, 1.165) is 6.26 Å². The number of hydrogen-bond acceptors (Lipinski definition) is 7. The van der Waals surface area contributed by atoms with Gasteiger partial charge >= 0.3 is 0 Å². The fraction of sp³-hybridized carbons (Fsp3) is 0.360. The van der Waals surface area contributed by atoms with Crippen molar-refractivity contribution in [3.63, 3.8) is 0 Å². The number of aromatic nitrogens is 1. The van der Waals surface area contributed by atoms with Gasteiger partial charge in [-0.15, -0.1) is 0 Å². The van der Waals surface area contributed by atoms with E-state index in [2.05, 4.69) is 11.1 Å². The minimum atomic E-state index is -3.88. The summed E-state index contributed by atoms with van der Waals surface area (Å²) in [5.74, 6) is -1.21. The number of allylic oxidation sites excluding steroid dienone is 4. The third-order valence-corrected chi connectivity index (χ3v) is 9.14. The van der Waals surface area contributed by atoms with Crippen LogP contribution in [0, 0.1) is 29.1 Å². The van der Waals surface area contributed by atoms with Gasteiger partial charge in [-0.1, -0.05) is 55.0 Å². The molecule has 7 atom stereocenters. The Labute approximate surface area is 202 Å². The van der Waals surface area contributed by atoms with Crippen molar-refractivity contribution in [1.29, 1.82) is 5.26 Å². The second-order valence-corrected chi connectivity index (χ2v) is 11.9. The first-order valence-corrected chi connectivity index (χ1v) is 13.2. The van der Waals surface area contributed by atoms with Gasteiger partial charge in [0.15, 0.2) is 21.0 Å². The lowest BCUT2D eigenvalue weighted by Crippen LogP contribution is -2.54. The molecule has 2 unspecified atom stereocenters. The zero-order valence-electron chi connectivity index (χ0n) is 18.5. The van der Waals surface area contributed by atoms with Crippen LogP contribution in [0.2, 0.25) is 5.02 Å². The van der Waals surface area contributed by atoms with Gasteiger partial charge in [-0.25, -0.2) is 8.42 Å². The summed E-state index contributed by atoms with van der Waals surface area (Å²) in [5, 5.41) is 32.2. The van der Waals surface area contributed by atoms with E-state index in [1.165, 1.54) is 12.3 Å². The van der Waals surface area contributed by atoms with Gasteiger partial charge in [-0.2, -0.15) is 5.26 Å². The van der Waals surface area contributed by atoms with Crippen LogP contribution in [-0.2, 0) is 21.0 Å². The quantitative estimate of drug-likeness (QED) is 0.667. The summed E-state index contributed by atoms with van der Waals surface area (Å²) in [6, 6.07) is 9.99. The summed E-state index contributed by atoms with van der Waals surface area (Å²) in [6.45, 7) is 1.96. The molecule has 2 aromatic rings. The van der Waals surface area contributed by atoms with Gasteiger partial charge < -0.3 is 14.9 Å². The summed E-state index contributed by atoms with van der Waals surface area (Å²) in [6.07, 6.45) is 8.23. The fourth-order valence-corrected chi connectivity index (χ4v) is 7.71. The van der Waals surface area contributed by atoms with E-state index in [4.69, 9.17) is 16.3 Å². The topological polar surface area (TPSA) is 121 Å². The molecule has 0 radical (unpaired) electrons. The van der Waals surface area contributed by atoms with Crippen LogP contribution in [0.5, 0.6) is 5.75 Å². The van der Waals surface area contributed by atoms with Crippen molar-refractivity contribution in [1.82, 2.24) is 4.98 Å². The highest BCUT2D eigenvalue weighted by Crippen LogP contribution is 2.67. The van der Waals surface area contributed by atoms with Gasteiger partial charge in [0.05, 0.1) is 21.9 Å². The Bertz CT molecular complexity index is 1370. The first-order valence-electron chi connectivity index (χ1n) is 10.9. The average Bonchev–Trinajstić information content (AvgIpc) is 3.17. The van der Waals surface area contributed by atoms with Crippen molar-refractivity contribution in [2.75, 3.05) is 6.26 Å². The summed E-state index contributed by atoms with van der Waals surface area (Å²) < 4.78 is 32.8. The van der Waals surface area contributed by atoms with Crippen molar-refractivity contribution in [2.24, 2.45) is 17.8 Å². The molecule has 1 aromatic carbocycles. The second-order valence-electron chi connectivity index (χ2n) is 9.26. The number of nitriles is 1. The highest BCUT2D eigenvalue weighted by atomic mass is 35.5. The summed E-state index contributed by atoms with van der Waals surface area (Å²) in [5.41, 5.74) is -3.03. The van der Waals surface area contributed by atoms with Crippen molar-refractivity contribution in [2.45, 2.75) is 29.5 Å². The molecule has 3 aliphatic rings. The molecule has 1 aliphatic heterocycles. The van der Waals surface area contributed by atoms with Crippen molar-refractivity contribution in [3.8, 4) is 11.8 Å². The molecule has 2 aliphatic carbocycles. The summed E-state index contributed by atoms with van der Waals surface area (Å²) in [4.78, 5) is 4.30. The number of hydrogen-bond donors (Lipinski definition) is 2. The Kier molecular flexibility index (Phi) is 5.19. The number of ether oxygens (including phenoxy) is 1. The van der Waals surface area contributed by atoms with E-state index in [1.54, 1.807) is 24.3 Å². The molecule has 1 saturated carbocycles. The third kappa shape index (κ3) is 2.94. The minimum absolute atomic E-state index is 0.0351. The minimum Gasteiger partial charge on any atom is -0.477 e. The molecule has 7 nitrogen and oxygen atoms in total. The number of aliphatic hydroxyl groups excluding tert-OH is 1. The molecule has 5 rings (SSSR count). The Morgan fingerprint density at radius 2 is 1.88 bits per heavy atom. The molecule has 0 bridgehead atoms. The molecular formula is C25H23ClN2O5S. The molecule has 34 heavy (non-hydrogen) atoms. The smallest absolute Gasteiger partial charge is 0.181 e. The normalized spacial score (nSPS) is 35.9. The van der Waals surface area contributed by atoms with E-state index in [9.17, 15) is 23.9 Å². The Morgan fingerprint density at radius 1 is 1.21 bits per heavy atom. The summed E-state index contributed by atoms with van der Waals surface area (Å²) >= 11 is 6.16. The lowest BCUT2D eigenvalue weighted by atomic mass is 9.67. The highest BCUT2D eigenvalue weighted by Gasteiger charge is 2.79. The lowest BCUT2D eigenvalue weighted by Gasteiger charge is -2.43. The Hall–Kier alpha value is -2.70. The Balaban J connectivity index is 1.86. The number of nitrogens with zero attached hydrogens (tertiary/aromatic N) is 2. The molecule has 2 heterocycles. The van der Waals surface area contributed by atoms with E-state index in [1.807, 2.05) is 31.2 Å². The molecule has 1 fully saturated rings. The summed E-state index contributed by atoms with van der Waals surface area (Å²) in [7, 11) is -3.88. The average molecular weight is 499 g/mol. The molecule has 176 valence electrons. The zero-order valence-corrected chi connectivity index (χ0v) is 20.0. The lowest BCUT2D eigenvalue weighted by molar-refractivity contribution is -0.162. The number of halogens is 1. The van der Waals surface area contributed by atoms with Crippen LogP contribution in [0.1, 0.15) is 23.7 Å². The van der Waals surface area contributed by atoms with E-state index < -0.39 is 44.2 Å². The number of aliphatic hydroxyl groups is 2. The van der Waals surface area contributed by atoms with Crippen LogP contribution in [0.3, 0.4) is 0 Å². The fourth-order valence-electron chi connectivity index (χ4n) is 6.00. The van der Waals surface area contributed by atoms with Crippen molar-refractivity contribution < 1.29 is 23.4 Å². The maximum absolute atomic E-state index is 13.2. The Morgan fingerprint density at radius 3 is 2.50 bits per heavy atom. The first kappa shape index (κ1) is 23.1. The molecule has 0 spiro atoms. The molecule has 2 N–H and O–H groups in total. The number of sulfone groups is 1. The highest BCUT2D eigenvalue weighted by molar-refractivity contribution is 7.91. The van der Waals surface area contributed by atoms with Gasteiger partial charge in [-0.3, -0.25) is 4.98 Å². The zero-order chi connectivity index (χ0) is 24.5. The third-order valence-electron chi connectivity index (χ3n) is 7.40. The SMILES string of the molecule is CC1C=CC=CC1[C@@H]1[C@@H](S(C)(=O)=O)[C@@H](O)[C@@]2(O)c3ncc(Cl)cc3O[C@@]12c1ccc(C#N)cc1. The number of fused-ring (bicyclic) bond motifs is 3. The molecule has 0 saturated heterocycles. The van der Waals surface area contributed by atoms with Crippen LogP contribution in [-0.4, -0.2) is 41.2 Å². The van der Waals surface area contributed by atoms with Gasteiger partial charge in [0, 0.05) is 24.4 Å². The standard InChI is InChI=1S/C25H23ClN2O5S/c1-14-5-3-4-6-18(14)20-21(34(2,31)32)23(29)24(30)22-19(11-17(26)13-28-22)33-25(20,24)16-9-7-15(12-27)8-10-16/h3-11,13-14,18,20-21,23,29-30H,1-2H3/t14?,18?,20-,21-,23-,24+,25+/m1/s1. The van der Waals surface area contributed by atoms with E-state index in [-0.39, 0.29) is 22.4 Å². The monoisotopic (exact) mass is 498 g/mol. The van der Waals surface area contributed by atoms with Crippen LogP contribution in [0.4, 0.5) is 0 Å². The molecular weight excluding hydrogens is 476 g/mol. The molecule has 0 amide bonds. The van der Waals surface area contributed by atoms with Crippen molar-refractivity contribution in [3.05, 3.63) is 82.7 Å².